The molecule has 5 N–H and O–H groups in total. The average Bonchev–Trinajstić information content (AvgIpc) is 2.60. The number of aliphatic carboxylic acids is 1. The van der Waals surface area contributed by atoms with Crippen molar-refractivity contribution >= 4 is 19.5 Å². The Kier molecular flexibility index (Phi) is 9.51. The van der Waals surface area contributed by atoms with Crippen molar-refractivity contribution in [2.75, 3.05) is 6.54 Å². The Hall–Kier alpha value is -1.73. The summed E-state index contributed by atoms with van der Waals surface area (Å²) in [6.45, 7) is 1.72. The van der Waals surface area contributed by atoms with Crippen molar-refractivity contribution in [2.45, 2.75) is 50.9 Å². The van der Waals surface area contributed by atoms with Gasteiger partial charge in [0.2, 0.25) is 5.91 Å². The second kappa shape index (κ2) is 11.1. The van der Waals surface area contributed by atoms with Crippen molar-refractivity contribution < 1.29 is 30.1 Å². The molecule has 0 bridgehead atoms. The number of carbonyl (C=O) groups excluding carboxylic acids is 1. The first-order valence-corrected chi connectivity index (χ1v) is 10.2. The number of amides is 1. The fourth-order valence-corrected chi connectivity index (χ4v) is 3.31. The van der Waals surface area contributed by atoms with Gasteiger partial charge in [-0.25, -0.2) is 4.79 Å². The van der Waals surface area contributed by atoms with E-state index in [1.54, 1.807) is 0 Å². The van der Waals surface area contributed by atoms with Crippen LogP contribution in [0.4, 0.5) is 0 Å². The number of aryl methyl sites for hydroxylation is 1. The third-order valence-electron chi connectivity index (χ3n) is 3.82. The van der Waals surface area contributed by atoms with Crippen LogP contribution in [0.5, 0.6) is 0 Å². The van der Waals surface area contributed by atoms with Crippen LogP contribution in [-0.2, 0) is 25.1 Å². The highest BCUT2D eigenvalue weighted by Crippen LogP contribution is 2.47. The second-order valence-corrected chi connectivity index (χ2v) is 8.12. The van der Waals surface area contributed by atoms with Crippen LogP contribution < -0.4 is 11.1 Å². The van der Waals surface area contributed by atoms with Crippen LogP contribution in [0.1, 0.15) is 39.6 Å². The third-order valence-corrected chi connectivity index (χ3v) is 5.48. The van der Waals surface area contributed by atoms with Gasteiger partial charge in [0, 0.05) is 7.85 Å². The Balaban J connectivity index is 0.00000676. The van der Waals surface area contributed by atoms with E-state index in [1.165, 1.54) is 6.92 Å². The average molecular weight is 388 g/mol. The number of unbranched alkanes of at least 4 members (excludes halogenated alkanes) is 1. The molecule has 0 aliphatic carbocycles. The first-order chi connectivity index (χ1) is 12.3. The SMILES string of the molecule is CC(NC(=O)CCc1ccccc1)P(=O)(O)OC(CCCCN)C(=O)O.[HH]. The van der Waals surface area contributed by atoms with E-state index in [9.17, 15) is 19.0 Å². The van der Waals surface area contributed by atoms with Crippen LogP contribution >= 0.6 is 7.60 Å². The topological polar surface area (TPSA) is 139 Å². The van der Waals surface area contributed by atoms with Crippen molar-refractivity contribution in [3.05, 3.63) is 35.9 Å². The van der Waals surface area contributed by atoms with Gasteiger partial charge in [0.15, 0.2) is 6.10 Å². The Morgan fingerprint density at radius 2 is 1.96 bits per heavy atom. The standard InChI is InChI=1S/C17H27N2O6P.H2/c1-13(19-16(20)11-10-14-7-3-2-4-8-14)26(23,24)25-15(17(21)22)9-5-6-12-18;/h2-4,7-8,13,15H,5-6,9-12,18H2,1H3,(H,19,20)(H,21,22)(H,23,24);1H. The lowest BCUT2D eigenvalue weighted by atomic mass is 10.1. The van der Waals surface area contributed by atoms with Crippen LogP contribution in [0.15, 0.2) is 30.3 Å². The number of rotatable bonds is 12. The van der Waals surface area contributed by atoms with Crippen LogP contribution in [0, 0.1) is 0 Å². The molecule has 3 unspecified atom stereocenters. The van der Waals surface area contributed by atoms with Gasteiger partial charge < -0.3 is 21.1 Å². The molecule has 0 heterocycles. The summed E-state index contributed by atoms with van der Waals surface area (Å²) in [6, 6.07) is 9.37. The van der Waals surface area contributed by atoms with Gasteiger partial charge in [0.05, 0.1) is 0 Å². The highest BCUT2D eigenvalue weighted by Gasteiger charge is 2.35. The van der Waals surface area contributed by atoms with Crippen molar-refractivity contribution in [2.24, 2.45) is 5.73 Å². The lowest BCUT2D eigenvalue weighted by molar-refractivity contribution is -0.145. The lowest BCUT2D eigenvalue weighted by Crippen LogP contribution is -2.35. The molecule has 1 aromatic carbocycles. The van der Waals surface area contributed by atoms with Gasteiger partial charge in [-0.05, 0) is 44.7 Å². The van der Waals surface area contributed by atoms with Gasteiger partial charge >= 0.3 is 13.6 Å². The second-order valence-electron chi connectivity index (χ2n) is 6.01. The Morgan fingerprint density at radius 1 is 1.31 bits per heavy atom. The molecule has 1 amide bonds. The first kappa shape index (κ1) is 22.3. The maximum atomic E-state index is 12.3. The number of nitrogens with two attached hydrogens (primary N) is 1. The number of hydrogen-bond acceptors (Lipinski definition) is 5. The van der Waals surface area contributed by atoms with E-state index in [-0.39, 0.29) is 14.3 Å². The zero-order valence-electron chi connectivity index (χ0n) is 14.8. The Morgan fingerprint density at radius 3 is 2.54 bits per heavy atom. The smallest absolute Gasteiger partial charge is 0.350 e. The van der Waals surface area contributed by atoms with Gasteiger partial charge in [-0.15, -0.1) is 0 Å². The fourth-order valence-electron chi connectivity index (χ4n) is 2.26. The van der Waals surface area contributed by atoms with Crippen LogP contribution in [0.3, 0.4) is 0 Å². The zero-order chi connectivity index (χ0) is 19.6. The summed E-state index contributed by atoms with van der Waals surface area (Å²) in [5, 5.41) is 11.5. The maximum absolute atomic E-state index is 12.3. The molecule has 0 radical (unpaired) electrons. The number of benzene rings is 1. The molecule has 1 rings (SSSR count). The van der Waals surface area contributed by atoms with Crippen molar-refractivity contribution in [1.29, 1.82) is 0 Å². The molecule has 148 valence electrons. The molecule has 0 aromatic heterocycles. The lowest BCUT2D eigenvalue weighted by Gasteiger charge is -2.23. The van der Waals surface area contributed by atoms with E-state index in [1.807, 2.05) is 30.3 Å². The normalized spacial score (nSPS) is 15.7. The third kappa shape index (κ3) is 8.10. The number of carboxylic acid groups (broad SMARTS) is 1. The molecule has 8 nitrogen and oxygen atoms in total. The minimum absolute atomic E-state index is 0. The van der Waals surface area contributed by atoms with Crippen LogP contribution in [0.2, 0.25) is 0 Å². The number of nitrogens with one attached hydrogen (secondary N) is 1. The summed E-state index contributed by atoms with van der Waals surface area (Å²) in [5.41, 5.74) is 6.33. The molecule has 9 heteroatoms. The van der Waals surface area contributed by atoms with Gasteiger partial charge in [-0.3, -0.25) is 13.9 Å². The zero-order valence-corrected chi connectivity index (χ0v) is 15.7. The molecule has 26 heavy (non-hydrogen) atoms. The highest BCUT2D eigenvalue weighted by molar-refractivity contribution is 7.53. The van der Waals surface area contributed by atoms with E-state index in [4.69, 9.17) is 15.4 Å². The summed E-state index contributed by atoms with van der Waals surface area (Å²) in [5.74, 6) is -2.93. The summed E-state index contributed by atoms with van der Waals surface area (Å²) in [4.78, 5) is 33.2. The highest BCUT2D eigenvalue weighted by atomic mass is 31.2. The molecule has 0 spiro atoms. The molecule has 3 atom stereocenters. The molecular weight excluding hydrogens is 359 g/mol. The van der Waals surface area contributed by atoms with E-state index >= 15 is 0 Å². The molecule has 0 fully saturated rings. The van der Waals surface area contributed by atoms with Crippen LogP contribution in [-0.4, -0.2) is 40.3 Å². The van der Waals surface area contributed by atoms with Gasteiger partial charge in [0.25, 0.3) is 0 Å². The predicted molar refractivity (Wildman–Crippen MR) is 99.7 cm³/mol. The van der Waals surface area contributed by atoms with Crippen molar-refractivity contribution in [3.63, 3.8) is 0 Å². The van der Waals surface area contributed by atoms with Gasteiger partial charge in [-0.1, -0.05) is 30.3 Å². The van der Waals surface area contributed by atoms with E-state index in [2.05, 4.69) is 5.32 Å². The minimum atomic E-state index is -4.34. The maximum Gasteiger partial charge on any atom is 0.350 e. The Labute approximate surface area is 154 Å². The Bertz CT molecular complexity index is 631. The quantitative estimate of drug-likeness (QED) is 0.318. The molecule has 0 saturated carbocycles. The van der Waals surface area contributed by atoms with Gasteiger partial charge in [0.1, 0.15) is 5.78 Å². The molecular formula is C17H29N2O6P. The van der Waals surface area contributed by atoms with Crippen LogP contribution in [0.25, 0.3) is 0 Å². The summed E-state index contributed by atoms with van der Waals surface area (Å²) in [7, 11) is -4.34. The summed E-state index contributed by atoms with van der Waals surface area (Å²) >= 11 is 0. The predicted octanol–water partition coefficient (Wildman–Crippen LogP) is 2.11. The number of carboxylic acids is 1. The van der Waals surface area contributed by atoms with Crippen molar-refractivity contribution in [1.82, 2.24) is 5.32 Å². The number of carbonyl (C=O) groups is 2. The largest absolute Gasteiger partial charge is 0.479 e. The molecule has 0 aliphatic rings. The molecule has 1 aromatic rings. The summed E-state index contributed by atoms with van der Waals surface area (Å²) in [6.07, 6.45) is 0.354. The number of hydrogen-bond donors (Lipinski definition) is 4. The van der Waals surface area contributed by atoms with Crippen molar-refractivity contribution in [3.8, 4) is 0 Å². The monoisotopic (exact) mass is 388 g/mol. The van der Waals surface area contributed by atoms with E-state index in [0.717, 1.165) is 5.56 Å². The summed E-state index contributed by atoms with van der Waals surface area (Å²) < 4.78 is 17.2. The first-order valence-electron chi connectivity index (χ1n) is 8.53. The molecule has 0 aliphatic heterocycles. The minimum Gasteiger partial charge on any atom is -0.479 e. The molecule has 0 saturated heterocycles. The fraction of sp³-hybridized carbons (Fsp3) is 0.529. The van der Waals surface area contributed by atoms with E-state index < -0.39 is 31.4 Å². The van der Waals surface area contributed by atoms with Gasteiger partial charge in [-0.2, -0.15) is 0 Å². The van der Waals surface area contributed by atoms with E-state index in [0.29, 0.717) is 25.8 Å².